The van der Waals surface area contributed by atoms with Crippen LogP contribution in [0.15, 0.2) is 108 Å². The number of pyridine rings is 1. The third-order valence-electron chi connectivity index (χ3n) is 13.4. The fourth-order valence-electron chi connectivity index (χ4n) is 9.21. The predicted octanol–water partition coefficient (Wildman–Crippen LogP) is 11.8. The Labute approximate surface area is 450 Å². The fourth-order valence-corrected chi connectivity index (χ4v) is 9.38. The lowest BCUT2D eigenvalue weighted by Gasteiger charge is -2.23. The lowest BCUT2D eigenvalue weighted by Crippen LogP contribution is -2.19. The Morgan fingerprint density at radius 2 is 1.07 bits per heavy atom. The van der Waals surface area contributed by atoms with E-state index in [2.05, 4.69) is 42.9 Å². The van der Waals surface area contributed by atoms with Crippen molar-refractivity contribution < 1.29 is 47.5 Å². The number of aryl methyl sites for hydroxylation is 2. The molecule has 0 saturated heterocycles. The first-order chi connectivity index (χ1) is 36.9. The Morgan fingerprint density at radius 1 is 0.566 bits per heavy atom. The molecule has 16 heteroatoms. The highest BCUT2D eigenvalue weighted by Crippen LogP contribution is 2.34. The maximum Gasteiger partial charge on any atom is 0.220 e. The average Bonchev–Trinajstić information content (AvgIpc) is 4.16. The van der Waals surface area contributed by atoms with E-state index in [0.717, 1.165) is 94.1 Å². The second kappa shape index (κ2) is 27.6. The van der Waals surface area contributed by atoms with Gasteiger partial charge < -0.3 is 33.2 Å². The number of carbonyl (C=O) groups is 3. The first-order valence-electron chi connectivity index (χ1n) is 25.5. The molecule has 9 rings (SSSR count). The van der Waals surface area contributed by atoms with Gasteiger partial charge in [0.05, 0.1) is 74.8 Å². The highest BCUT2D eigenvalue weighted by Gasteiger charge is 2.23. The molecule has 0 unspecified atom stereocenters. The molecule has 0 saturated carbocycles. The van der Waals surface area contributed by atoms with E-state index in [0.29, 0.717) is 104 Å². The first-order valence-corrected chi connectivity index (χ1v) is 25.9. The van der Waals surface area contributed by atoms with Crippen LogP contribution in [0.3, 0.4) is 0 Å². The summed E-state index contributed by atoms with van der Waals surface area (Å²) in [6.07, 6.45) is 10.2. The number of hydrogen-bond donors (Lipinski definition) is 0. The molecule has 0 atom stereocenters. The number of ether oxygens (including phenoxy) is 7. The number of methoxy groups -OCH3 is 1. The molecule has 3 aliphatic heterocycles. The van der Waals surface area contributed by atoms with Gasteiger partial charge in [-0.25, -0.2) is 4.98 Å². The van der Waals surface area contributed by atoms with Crippen LogP contribution in [0.5, 0.6) is 23.1 Å². The van der Waals surface area contributed by atoms with E-state index in [1.165, 1.54) is 11.1 Å². The van der Waals surface area contributed by atoms with E-state index >= 15 is 0 Å². The number of nitrogens with zero attached hydrogens (tertiary/aromatic N) is 5. The average molecular weight is 1050 g/mol. The van der Waals surface area contributed by atoms with Gasteiger partial charge in [0.2, 0.25) is 5.88 Å². The lowest BCUT2D eigenvalue weighted by molar-refractivity contribution is 0.111. The fraction of sp³-hybridized carbons (Fsp3) is 0.367. The zero-order valence-electron chi connectivity index (χ0n) is 44.7. The number of carbonyl (C=O) groups excluding carboxylic acids is 3. The van der Waals surface area contributed by atoms with Crippen LogP contribution >= 0.6 is 11.6 Å². The Morgan fingerprint density at radius 3 is 1.62 bits per heavy atom. The monoisotopic (exact) mass is 1050 g/mol. The molecule has 0 radical (unpaired) electrons. The maximum atomic E-state index is 11.4. The quantitative estimate of drug-likeness (QED) is 0.0748. The van der Waals surface area contributed by atoms with Gasteiger partial charge in [0, 0.05) is 46.8 Å². The largest absolute Gasteiger partial charge is 0.488 e. The van der Waals surface area contributed by atoms with Gasteiger partial charge >= 0.3 is 0 Å². The molecule has 6 aromatic rings. The molecular weight excluding hydrogens is 986 g/mol. The van der Waals surface area contributed by atoms with Crippen molar-refractivity contribution in [1.29, 1.82) is 0 Å². The van der Waals surface area contributed by atoms with Crippen LogP contribution in [-0.4, -0.2) is 110 Å². The van der Waals surface area contributed by atoms with Gasteiger partial charge in [-0.2, -0.15) is 10.2 Å². The number of aldehydes is 3. The van der Waals surface area contributed by atoms with Crippen molar-refractivity contribution in [2.24, 2.45) is 0 Å². The summed E-state index contributed by atoms with van der Waals surface area (Å²) >= 11 is 6.10. The van der Waals surface area contributed by atoms with Crippen LogP contribution in [0.25, 0.3) is 16.7 Å². The zero-order chi connectivity index (χ0) is 54.1. The Hall–Kier alpha value is -7.17. The summed E-state index contributed by atoms with van der Waals surface area (Å²) < 4.78 is 44.3. The summed E-state index contributed by atoms with van der Waals surface area (Å²) in [5, 5.41) is 9.41. The molecule has 76 heavy (non-hydrogen) atoms. The molecule has 0 amide bonds. The van der Waals surface area contributed by atoms with Gasteiger partial charge in [0.25, 0.3) is 0 Å². The predicted molar refractivity (Wildman–Crippen MR) is 294 cm³/mol. The van der Waals surface area contributed by atoms with Gasteiger partial charge in [-0.15, -0.1) is 0 Å². The van der Waals surface area contributed by atoms with Crippen LogP contribution in [0, 0.1) is 20.8 Å². The summed E-state index contributed by atoms with van der Waals surface area (Å²) in [7, 11) is 1.62. The highest BCUT2D eigenvalue weighted by atomic mass is 35.5. The van der Waals surface area contributed by atoms with Crippen LogP contribution < -0.4 is 18.9 Å². The lowest BCUT2D eigenvalue weighted by atomic mass is 9.97. The molecule has 0 bridgehead atoms. The molecule has 0 spiro atoms. The second-order valence-electron chi connectivity index (χ2n) is 19.0. The maximum absolute atomic E-state index is 11.4. The van der Waals surface area contributed by atoms with Crippen molar-refractivity contribution in [3.63, 3.8) is 0 Å². The second-order valence-corrected chi connectivity index (χ2v) is 19.4. The number of hydrogen-bond acceptors (Lipinski definition) is 13. The highest BCUT2D eigenvalue weighted by molar-refractivity contribution is 6.31. The van der Waals surface area contributed by atoms with E-state index in [4.69, 9.17) is 44.8 Å². The number of benzene rings is 3. The van der Waals surface area contributed by atoms with E-state index in [1.807, 2.05) is 103 Å². The third kappa shape index (κ3) is 13.8. The topological polar surface area (TPSA) is 164 Å². The van der Waals surface area contributed by atoms with Crippen LogP contribution in [0.1, 0.15) is 124 Å². The van der Waals surface area contributed by atoms with Gasteiger partial charge in [-0.1, -0.05) is 35.9 Å². The van der Waals surface area contributed by atoms with Crippen molar-refractivity contribution in [2.75, 3.05) is 66.6 Å². The van der Waals surface area contributed by atoms with Crippen molar-refractivity contribution in [3.05, 3.63) is 163 Å². The van der Waals surface area contributed by atoms with Gasteiger partial charge in [-0.3, -0.25) is 23.7 Å². The summed E-state index contributed by atoms with van der Waals surface area (Å²) in [5.41, 5.74) is 14.2. The summed E-state index contributed by atoms with van der Waals surface area (Å²) in [6.45, 7) is 18.8. The van der Waals surface area contributed by atoms with Crippen molar-refractivity contribution in [1.82, 2.24) is 24.5 Å². The minimum Gasteiger partial charge on any atom is -0.488 e. The smallest absolute Gasteiger partial charge is 0.220 e. The third-order valence-corrected chi connectivity index (χ3v) is 13.8. The first kappa shape index (κ1) is 56.6. The van der Waals surface area contributed by atoms with E-state index in [9.17, 15) is 14.4 Å². The normalized spacial score (nSPS) is 14.7. The van der Waals surface area contributed by atoms with E-state index in [-0.39, 0.29) is 12.1 Å². The standard InChI is InChI=1S/C20H23ClN2O3.C20H24N2O3.C20H21NO4/c1-13(2)23-19(6-8-22-23)16-7-9-25-11-15(16)12-26-20-5-4-18(21)14(3)17(20)10-24;1-14(2)22-19(7-9-21-22)18-13-24-10-8-16(18)12-25-20-6-4-5-15(3)17(20)11-23;1-14-5-3-7-19(18(14)11-22)25-13-15-12-24-10-8-16(15)17-6-4-9-21-20(17)23-2/h4-6,8,10,13H,7,9,11-12H2,1-3H3;4-7,9,11,14H,8,10,12-13H2,1-3H3;3-7,9,11H,8,10,12-13H2,1-2H3. The molecule has 3 aromatic heterocycles. The summed E-state index contributed by atoms with van der Waals surface area (Å²) in [5.74, 6) is 2.36. The zero-order valence-corrected chi connectivity index (χ0v) is 45.5. The Bertz CT molecular complexity index is 3080. The number of rotatable bonds is 18. The molecule has 0 N–H and O–H groups in total. The minimum absolute atomic E-state index is 0.276. The number of aromatic nitrogens is 5. The van der Waals surface area contributed by atoms with Gasteiger partial charge in [0.15, 0.2) is 18.9 Å². The molecule has 3 aliphatic rings. The van der Waals surface area contributed by atoms with Crippen molar-refractivity contribution in [2.45, 2.75) is 79.8 Å². The molecule has 0 fully saturated rings. The summed E-state index contributed by atoms with van der Waals surface area (Å²) in [4.78, 5) is 38.4. The van der Waals surface area contributed by atoms with Gasteiger partial charge in [-0.05, 0) is 161 Å². The molecule has 3 aromatic carbocycles. The molecule has 15 nitrogen and oxygen atoms in total. The van der Waals surface area contributed by atoms with E-state index in [1.54, 1.807) is 25.4 Å². The van der Waals surface area contributed by atoms with Crippen LogP contribution in [0.4, 0.5) is 0 Å². The minimum atomic E-state index is 0.276. The van der Waals surface area contributed by atoms with Crippen molar-refractivity contribution in [3.8, 4) is 23.1 Å². The SMILES string of the molecule is COc1ncccc1C1=C(COc2cccc(C)c2C=O)COCC1.Cc1c(Cl)ccc(OCC2=C(c3ccnn3C(C)C)CCOC2)c1C=O.Cc1cccc(OCC2=C(c3ccnn3C(C)C)COCC2)c1C=O. The molecule has 0 aliphatic carbocycles. The Kier molecular flexibility index (Phi) is 20.5. The molecule has 6 heterocycles. The molecular formula is C60H68ClN5O10. The molecule has 400 valence electrons. The van der Waals surface area contributed by atoms with E-state index < -0.39 is 0 Å². The van der Waals surface area contributed by atoms with Crippen LogP contribution in [0.2, 0.25) is 5.02 Å². The summed E-state index contributed by atoms with van der Waals surface area (Å²) in [6, 6.07) is 23.2. The van der Waals surface area contributed by atoms with Crippen LogP contribution in [-0.2, 0) is 14.2 Å². The number of halogens is 1. The van der Waals surface area contributed by atoms with Gasteiger partial charge in [0.1, 0.15) is 37.1 Å². The Balaban J connectivity index is 0.000000166. The van der Waals surface area contributed by atoms with Crippen molar-refractivity contribution >= 4 is 47.2 Å².